The molecule has 0 saturated carbocycles. The van der Waals surface area contributed by atoms with E-state index in [1.165, 1.54) is 32.4 Å². The van der Waals surface area contributed by atoms with E-state index in [0.29, 0.717) is 11.5 Å². The molecule has 2 aliphatic heterocycles. The standard InChI is InChI=1S/C15H29NO/c1-12(2)16-8-6-15(7-9-16)10-13(11-17-15)14(3,4)5/h12-13H,6-11H2,1-5H3. The molecule has 2 fully saturated rings. The molecule has 0 aliphatic carbocycles. The number of piperidine rings is 1. The maximum atomic E-state index is 6.22. The Morgan fingerprint density at radius 1 is 1.18 bits per heavy atom. The first-order valence-electron chi connectivity index (χ1n) is 7.20. The number of hydrogen-bond acceptors (Lipinski definition) is 2. The van der Waals surface area contributed by atoms with E-state index >= 15 is 0 Å². The summed E-state index contributed by atoms with van der Waals surface area (Å²) in [6, 6.07) is 0.687. The first kappa shape index (κ1) is 13.4. The summed E-state index contributed by atoms with van der Waals surface area (Å²) in [5, 5.41) is 0. The molecule has 1 unspecified atom stereocenters. The van der Waals surface area contributed by atoms with Gasteiger partial charge in [0, 0.05) is 19.1 Å². The van der Waals surface area contributed by atoms with Crippen LogP contribution in [0, 0.1) is 11.3 Å². The third-order valence-corrected chi connectivity index (χ3v) is 4.87. The molecule has 0 aromatic rings. The van der Waals surface area contributed by atoms with Gasteiger partial charge in [0.2, 0.25) is 0 Å². The van der Waals surface area contributed by atoms with E-state index in [1.54, 1.807) is 0 Å². The van der Waals surface area contributed by atoms with Crippen molar-refractivity contribution in [2.24, 2.45) is 11.3 Å². The van der Waals surface area contributed by atoms with Crippen LogP contribution in [0.4, 0.5) is 0 Å². The minimum Gasteiger partial charge on any atom is -0.375 e. The first-order chi connectivity index (χ1) is 7.82. The number of nitrogens with zero attached hydrogens (tertiary/aromatic N) is 1. The second kappa shape index (κ2) is 4.55. The second-order valence-corrected chi connectivity index (χ2v) is 7.39. The van der Waals surface area contributed by atoms with Gasteiger partial charge < -0.3 is 9.64 Å². The van der Waals surface area contributed by atoms with Gasteiger partial charge in [-0.15, -0.1) is 0 Å². The Balaban J connectivity index is 1.92. The first-order valence-corrected chi connectivity index (χ1v) is 7.20. The molecular formula is C15H29NO. The number of ether oxygens (including phenoxy) is 1. The highest BCUT2D eigenvalue weighted by molar-refractivity contribution is 4.96. The van der Waals surface area contributed by atoms with Gasteiger partial charge in [0.15, 0.2) is 0 Å². The van der Waals surface area contributed by atoms with Crippen LogP contribution >= 0.6 is 0 Å². The fraction of sp³-hybridized carbons (Fsp3) is 1.00. The van der Waals surface area contributed by atoms with E-state index < -0.39 is 0 Å². The van der Waals surface area contributed by atoms with Crippen LogP contribution in [-0.4, -0.2) is 36.2 Å². The number of rotatable bonds is 1. The summed E-state index contributed by atoms with van der Waals surface area (Å²) >= 11 is 0. The van der Waals surface area contributed by atoms with E-state index in [2.05, 4.69) is 39.5 Å². The van der Waals surface area contributed by atoms with E-state index in [4.69, 9.17) is 4.74 Å². The Kier molecular flexibility index (Phi) is 3.57. The lowest BCUT2D eigenvalue weighted by atomic mass is 9.75. The average Bonchev–Trinajstić information content (AvgIpc) is 2.62. The Morgan fingerprint density at radius 2 is 1.76 bits per heavy atom. The SMILES string of the molecule is CC(C)N1CCC2(CC1)CC(C(C)(C)C)CO2. The minimum absolute atomic E-state index is 0.226. The molecule has 0 radical (unpaired) electrons. The minimum atomic E-state index is 0.226. The molecule has 2 heteroatoms. The Morgan fingerprint density at radius 3 is 2.18 bits per heavy atom. The van der Waals surface area contributed by atoms with Gasteiger partial charge in [-0.05, 0) is 44.4 Å². The summed E-state index contributed by atoms with van der Waals surface area (Å²) in [4.78, 5) is 2.58. The highest BCUT2D eigenvalue weighted by Crippen LogP contribution is 2.45. The maximum absolute atomic E-state index is 6.22. The summed E-state index contributed by atoms with van der Waals surface area (Å²) in [7, 11) is 0. The van der Waals surface area contributed by atoms with E-state index in [1.807, 2.05) is 0 Å². The van der Waals surface area contributed by atoms with Gasteiger partial charge in [0.25, 0.3) is 0 Å². The monoisotopic (exact) mass is 239 g/mol. The molecule has 1 atom stereocenters. The van der Waals surface area contributed by atoms with Crippen LogP contribution < -0.4 is 0 Å². The van der Waals surface area contributed by atoms with Crippen molar-refractivity contribution in [1.82, 2.24) is 4.90 Å². The van der Waals surface area contributed by atoms with Crippen LogP contribution in [0.1, 0.15) is 53.9 Å². The zero-order valence-electron chi connectivity index (χ0n) is 12.3. The van der Waals surface area contributed by atoms with Gasteiger partial charge in [-0.25, -0.2) is 0 Å². The molecule has 2 nitrogen and oxygen atoms in total. The van der Waals surface area contributed by atoms with Crippen molar-refractivity contribution in [3.05, 3.63) is 0 Å². The smallest absolute Gasteiger partial charge is 0.0710 e. The third-order valence-electron chi connectivity index (χ3n) is 4.87. The third kappa shape index (κ3) is 2.85. The zero-order chi connectivity index (χ0) is 12.7. The van der Waals surface area contributed by atoms with Crippen molar-refractivity contribution in [2.45, 2.75) is 65.5 Å². The van der Waals surface area contributed by atoms with Gasteiger partial charge in [0.1, 0.15) is 0 Å². The van der Waals surface area contributed by atoms with Crippen LogP contribution in [0.2, 0.25) is 0 Å². The Bertz CT molecular complexity index is 259. The number of likely N-dealkylation sites (tertiary alicyclic amines) is 1. The molecule has 2 rings (SSSR count). The lowest BCUT2D eigenvalue weighted by molar-refractivity contribution is -0.0488. The molecule has 0 aromatic heterocycles. The largest absolute Gasteiger partial charge is 0.375 e. The van der Waals surface area contributed by atoms with Crippen molar-refractivity contribution < 1.29 is 4.74 Å². The van der Waals surface area contributed by atoms with Crippen LogP contribution in [0.15, 0.2) is 0 Å². The van der Waals surface area contributed by atoms with Crippen molar-refractivity contribution in [2.75, 3.05) is 19.7 Å². The molecule has 0 bridgehead atoms. The van der Waals surface area contributed by atoms with Crippen molar-refractivity contribution in [3.8, 4) is 0 Å². The molecular weight excluding hydrogens is 210 g/mol. The van der Waals surface area contributed by atoms with Gasteiger partial charge >= 0.3 is 0 Å². The molecule has 2 heterocycles. The molecule has 2 aliphatic rings. The maximum Gasteiger partial charge on any atom is 0.0710 e. The van der Waals surface area contributed by atoms with Crippen molar-refractivity contribution in [3.63, 3.8) is 0 Å². The second-order valence-electron chi connectivity index (χ2n) is 7.39. The van der Waals surface area contributed by atoms with Crippen LogP contribution in [-0.2, 0) is 4.74 Å². The highest BCUT2D eigenvalue weighted by atomic mass is 16.5. The van der Waals surface area contributed by atoms with E-state index in [-0.39, 0.29) is 5.60 Å². The molecule has 0 N–H and O–H groups in total. The van der Waals surface area contributed by atoms with Crippen molar-refractivity contribution >= 4 is 0 Å². The summed E-state index contributed by atoms with van der Waals surface area (Å²) in [5.74, 6) is 0.744. The Labute approximate surface area is 107 Å². The van der Waals surface area contributed by atoms with Gasteiger partial charge in [-0.2, -0.15) is 0 Å². The highest BCUT2D eigenvalue weighted by Gasteiger charge is 2.45. The summed E-state index contributed by atoms with van der Waals surface area (Å²) < 4.78 is 6.22. The van der Waals surface area contributed by atoms with Crippen LogP contribution in [0.3, 0.4) is 0 Å². The summed E-state index contributed by atoms with van der Waals surface area (Å²) in [6.45, 7) is 15.1. The molecule has 1 spiro atoms. The van der Waals surface area contributed by atoms with Gasteiger partial charge in [0.05, 0.1) is 12.2 Å². The fourth-order valence-corrected chi connectivity index (χ4v) is 3.20. The molecule has 100 valence electrons. The predicted molar refractivity (Wildman–Crippen MR) is 72.2 cm³/mol. The molecule has 0 amide bonds. The molecule has 17 heavy (non-hydrogen) atoms. The summed E-state index contributed by atoms with van der Waals surface area (Å²) in [5.41, 5.74) is 0.627. The predicted octanol–water partition coefficient (Wildman–Crippen LogP) is 3.31. The normalized spacial score (nSPS) is 30.4. The zero-order valence-corrected chi connectivity index (χ0v) is 12.3. The van der Waals surface area contributed by atoms with E-state index in [9.17, 15) is 0 Å². The fourth-order valence-electron chi connectivity index (χ4n) is 3.20. The Hall–Kier alpha value is -0.0800. The van der Waals surface area contributed by atoms with E-state index in [0.717, 1.165) is 12.5 Å². The van der Waals surface area contributed by atoms with Crippen LogP contribution in [0.25, 0.3) is 0 Å². The summed E-state index contributed by atoms with van der Waals surface area (Å²) in [6.07, 6.45) is 3.75. The van der Waals surface area contributed by atoms with Gasteiger partial charge in [-0.3, -0.25) is 0 Å². The van der Waals surface area contributed by atoms with Crippen LogP contribution in [0.5, 0.6) is 0 Å². The molecule has 2 saturated heterocycles. The van der Waals surface area contributed by atoms with Gasteiger partial charge in [-0.1, -0.05) is 20.8 Å². The average molecular weight is 239 g/mol. The number of hydrogen-bond donors (Lipinski definition) is 0. The lowest BCUT2D eigenvalue weighted by Crippen LogP contribution is -2.46. The quantitative estimate of drug-likeness (QED) is 0.696. The topological polar surface area (TPSA) is 12.5 Å². The molecule has 0 aromatic carbocycles. The van der Waals surface area contributed by atoms with Crippen molar-refractivity contribution in [1.29, 1.82) is 0 Å². The lowest BCUT2D eigenvalue weighted by Gasteiger charge is -2.41.